The van der Waals surface area contributed by atoms with Gasteiger partial charge >= 0.3 is 0 Å². The minimum Gasteiger partial charge on any atom is -0.308 e. The van der Waals surface area contributed by atoms with Crippen LogP contribution in [0.25, 0.3) is 122 Å². The Hall–Kier alpha value is -8.15. The van der Waals surface area contributed by atoms with Crippen molar-refractivity contribution in [3.05, 3.63) is 200 Å². The van der Waals surface area contributed by atoms with Crippen molar-refractivity contribution in [3.63, 3.8) is 0 Å². The van der Waals surface area contributed by atoms with Crippen molar-refractivity contribution in [2.45, 2.75) is 0 Å². The first-order valence-electron chi connectivity index (χ1n) is 20.4. The van der Waals surface area contributed by atoms with Crippen LogP contribution < -0.4 is 0 Å². The molecule has 0 N–H and O–H groups in total. The van der Waals surface area contributed by atoms with Crippen molar-refractivity contribution in [1.82, 2.24) is 24.1 Å². The highest BCUT2D eigenvalue weighted by molar-refractivity contribution is 6.28. The second kappa shape index (κ2) is 12.7. The number of hydrogen-bond donors (Lipinski definition) is 0. The van der Waals surface area contributed by atoms with Crippen LogP contribution in [0.1, 0.15) is 0 Å². The molecular weight excluding hydrogens is 731 g/mol. The second-order valence-corrected chi connectivity index (χ2v) is 15.6. The highest BCUT2D eigenvalue weighted by atomic mass is 15.2. The Labute approximate surface area is 345 Å². The monoisotopic (exact) mass is 763 g/mol. The summed E-state index contributed by atoms with van der Waals surface area (Å²) in [6.07, 6.45) is 0. The maximum absolute atomic E-state index is 5.39. The molecule has 60 heavy (non-hydrogen) atoms. The maximum atomic E-state index is 5.39. The van der Waals surface area contributed by atoms with Crippen molar-refractivity contribution < 1.29 is 0 Å². The van der Waals surface area contributed by atoms with Crippen molar-refractivity contribution >= 4 is 54.4 Å². The molecule has 5 heteroatoms. The average molecular weight is 764 g/mol. The molecule has 12 aromatic rings. The van der Waals surface area contributed by atoms with Crippen LogP contribution in [0.15, 0.2) is 200 Å². The van der Waals surface area contributed by atoms with E-state index in [1.54, 1.807) is 0 Å². The predicted octanol–water partition coefficient (Wildman–Crippen LogP) is 13.9. The van der Waals surface area contributed by atoms with Gasteiger partial charge in [0, 0.05) is 43.8 Å². The van der Waals surface area contributed by atoms with Gasteiger partial charge in [0.15, 0.2) is 11.6 Å². The molecule has 278 valence electrons. The van der Waals surface area contributed by atoms with E-state index in [0.29, 0.717) is 17.6 Å². The summed E-state index contributed by atoms with van der Waals surface area (Å²) < 4.78 is 4.75. The number of rotatable bonds is 4. The summed E-state index contributed by atoms with van der Waals surface area (Å²) in [7, 11) is 0. The molecule has 0 atom stereocenters. The normalized spacial score (nSPS) is 12.0. The van der Waals surface area contributed by atoms with Gasteiger partial charge in [-0.3, -0.25) is 4.57 Å². The van der Waals surface area contributed by atoms with E-state index in [9.17, 15) is 0 Å². The van der Waals surface area contributed by atoms with Gasteiger partial charge in [0.1, 0.15) is 0 Å². The molecule has 0 bridgehead atoms. The molecule has 0 aliphatic carbocycles. The van der Waals surface area contributed by atoms with Crippen LogP contribution in [0.4, 0.5) is 0 Å². The van der Waals surface area contributed by atoms with E-state index >= 15 is 0 Å². The van der Waals surface area contributed by atoms with Crippen molar-refractivity contribution in [2.75, 3.05) is 0 Å². The zero-order valence-electron chi connectivity index (χ0n) is 32.3. The van der Waals surface area contributed by atoms with Gasteiger partial charge < -0.3 is 4.57 Å². The molecule has 1 aliphatic rings. The molecular formula is C55H33N5. The van der Waals surface area contributed by atoms with Gasteiger partial charge in [0.2, 0.25) is 5.95 Å². The van der Waals surface area contributed by atoms with E-state index in [2.05, 4.69) is 203 Å². The van der Waals surface area contributed by atoms with Crippen LogP contribution in [0.3, 0.4) is 0 Å². The van der Waals surface area contributed by atoms with Gasteiger partial charge in [-0.05, 0) is 63.4 Å². The van der Waals surface area contributed by atoms with Crippen LogP contribution >= 0.6 is 0 Å². The SMILES string of the molecule is c1ccc(-c2ccc(-c3nc(-c4ccc5ccccc5c4)nc(-n4c5ccccc5c5c6c7c(cc54)c4ccccc4n7-c4ccccc4-c4ccccc4-6)n3)cc2)cc1. The Balaban J connectivity index is 1.15. The molecule has 0 unspecified atom stereocenters. The summed E-state index contributed by atoms with van der Waals surface area (Å²) in [6.45, 7) is 0. The van der Waals surface area contributed by atoms with Crippen molar-refractivity contribution in [3.8, 4) is 67.8 Å². The zero-order chi connectivity index (χ0) is 39.3. The fourth-order valence-corrected chi connectivity index (χ4v) is 9.63. The fraction of sp³-hybridized carbons (Fsp3) is 0. The zero-order valence-corrected chi connectivity index (χ0v) is 32.3. The highest BCUT2D eigenvalue weighted by Crippen LogP contribution is 2.51. The molecule has 3 aromatic heterocycles. The van der Waals surface area contributed by atoms with E-state index in [-0.39, 0.29) is 0 Å². The number of para-hydroxylation sites is 3. The standard InChI is InChI=1S/C55H33N5/c1-2-14-34(15-3-1)36-26-29-37(30-27-36)53-56-54(39-31-28-35-16-4-5-17-38(35)32-39)58-55(57-53)60-48-25-13-10-22-44(48)50-49(60)33-45-42-20-9-12-24-47(42)59-46-23-11-8-19-41(46)40-18-6-7-21-43(40)51(50)52(45)59/h1-33H. The van der Waals surface area contributed by atoms with E-state index in [1.807, 2.05) is 6.07 Å². The van der Waals surface area contributed by atoms with Gasteiger partial charge in [-0.25, -0.2) is 4.98 Å². The Morgan fingerprint density at radius 2 is 0.917 bits per heavy atom. The number of hydrogen-bond acceptors (Lipinski definition) is 3. The Kier molecular flexibility index (Phi) is 6.95. The quantitative estimate of drug-likeness (QED) is 0.179. The lowest BCUT2D eigenvalue weighted by Gasteiger charge is -2.13. The first-order valence-corrected chi connectivity index (χ1v) is 20.4. The van der Waals surface area contributed by atoms with Crippen LogP contribution in [0.2, 0.25) is 0 Å². The summed E-state index contributed by atoms with van der Waals surface area (Å²) in [5.74, 6) is 1.81. The van der Waals surface area contributed by atoms with Crippen LogP contribution in [-0.2, 0) is 0 Å². The van der Waals surface area contributed by atoms with Gasteiger partial charge in [-0.2, -0.15) is 9.97 Å². The molecule has 0 saturated carbocycles. The molecule has 1 aliphatic heterocycles. The number of nitrogens with zero attached hydrogens (tertiary/aromatic N) is 5. The first-order chi connectivity index (χ1) is 29.8. The molecule has 5 nitrogen and oxygen atoms in total. The topological polar surface area (TPSA) is 48.5 Å². The lowest BCUT2D eigenvalue weighted by atomic mass is 9.91. The smallest absolute Gasteiger partial charge is 0.238 e. The summed E-state index contributed by atoms with van der Waals surface area (Å²) >= 11 is 0. The molecule has 0 spiro atoms. The summed E-state index contributed by atoms with van der Waals surface area (Å²) in [6, 6.07) is 71.5. The van der Waals surface area contributed by atoms with E-state index < -0.39 is 0 Å². The van der Waals surface area contributed by atoms with E-state index in [0.717, 1.165) is 38.5 Å². The maximum Gasteiger partial charge on any atom is 0.238 e. The van der Waals surface area contributed by atoms with Gasteiger partial charge in [0.05, 0.1) is 27.8 Å². The number of aromatic nitrogens is 5. The largest absolute Gasteiger partial charge is 0.308 e. The lowest BCUT2D eigenvalue weighted by Crippen LogP contribution is -2.06. The Morgan fingerprint density at radius 3 is 1.73 bits per heavy atom. The van der Waals surface area contributed by atoms with Gasteiger partial charge in [-0.15, -0.1) is 0 Å². The minimum atomic E-state index is 0.571. The van der Waals surface area contributed by atoms with Crippen LogP contribution in [-0.4, -0.2) is 24.1 Å². The number of fused-ring (bicyclic) bond motifs is 13. The summed E-state index contributed by atoms with van der Waals surface area (Å²) in [4.78, 5) is 16.0. The molecule has 0 radical (unpaired) electrons. The number of benzene rings is 9. The molecule has 4 heterocycles. The molecule has 0 amide bonds. The van der Waals surface area contributed by atoms with E-state index in [1.165, 1.54) is 66.1 Å². The third-order valence-electron chi connectivity index (χ3n) is 12.3. The third-order valence-corrected chi connectivity index (χ3v) is 12.3. The predicted molar refractivity (Wildman–Crippen MR) is 247 cm³/mol. The average Bonchev–Trinajstić information content (AvgIpc) is 3.79. The Bertz CT molecular complexity index is 3710. The lowest BCUT2D eigenvalue weighted by molar-refractivity contribution is 0.954. The first kappa shape index (κ1) is 32.9. The van der Waals surface area contributed by atoms with Crippen LogP contribution in [0.5, 0.6) is 0 Å². The molecule has 0 saturated heterocycles. The Morgan fingerprint density at radius 1 is 0.333 bits per heavy atom. The fourth-order valence-electron chi connectivity index (χ4n) is 9.63. The third kappa shape index (κ3) is 4.77. The van der Waals surface area contributed by atoms with Crippen molar-refractivity contribution in [2.24, 2.45) is 0 Å². The van der Waals surface area contributed by atoms with Crippen LogP contribution in [0, 0.1) is 0 Å². The van der Waals surface area contributed by atoms with Crippen molar-refractivity contribution in [1.29, 1.82) is 0 Å². The summed E-state index contributed by atoms with van der Waals surface area (Å²) in [5.41, 5.74) is 14.6. The summed E-state index contributed by atoms with van der Waals surface area (Å²) in [5, 5.41) is 7.01. The second-order valence-electron chi connectivity index (χ2n) is 15.6. The minimum absolute atomic E-state index is 0.571. The highest BCUT2D eigenvalue weighted by Gasteiger charge is 2.29. The van der Waals surface area contributed by atoms with E-state index in [4.69, 9.17) is 15.0 Å². The molecule has 0 fully saturated rings. The van der Waals surface area contributed by atoms with Gasteiger partial charge in [0.25, 0.3) is 0 Å². The molecule has 9 aromatic carbocycles. The molecule has 13 rings (SSSR count). The van der Waals surface area contributed by atoms with Gasteiger partial charge in [-0.1, -0.05) is 170 Å².